The summed E-state index contributed by atoms with van der Waals surface area (Å²) >= 11 is 0. The van der Waals surface area contributed by atoms with E-state index >= 15 is 0 Å². The van der Waals surface area contributed by atoms with Crippen LogP contribution in [0, 0.1) is 6.92 Å². The van der Waals surface area contributed by atoms with Crippen LogP contribution in [0.2, 0.25) is 0 Å². The molecule has 1 atom stereocenters. The van der Waals surface area contributed by atoms with E-state index in [-0.39, 0.29) is 12.2 Å². The van der Waals surface area contributed by atoms with Crippen LogP contribution in [0.5, 0.6) is 0 Å². The molecule has 5 heteroatoms. The molecule has 0 fully saturated rings. The summed E-state index contributed by atoms with van der Waals surface area (Å²) in [4.78, 5) is 24.6. The van der Waals surface area contributed by atoms with Gasteiger partial charge in [0.2, 0.25) is 0 Å². The molecule has 5 nitrogen and oxygen atoms in total. The predicted octanol–water partition coefficient (Wildman–Crippen LogP) is 1.99. The van der Waals surface area contributed by atoms with Gasteiger partial charge in [-0.3, -0.25) is 9.59 Å². The third-order valence-corrected chi connectivity index (χ3v) is 3.87. The van der Waals surface area contributed by atoms with Crippen LogP contribution in [0.25, 0.3) is 0 Å². The number of carbonyl (C=O) groups excluding carboxylic acids is 2. The lowest BCUT2D eigenvalue weighted by Gasteiger charge is -2.20. The van der Waals surface area contributed by atoms with Gasteiger partial charge in [-0.15, -0.1) is 0 Å². The summed E-state index contributed by atoms with van der Waals surface area (Å²) in [6.07, 6.45) is -0.321. The first-order valence-electron chi connectivity index (χ1n) is 6.94. The minimum absolute atomic E-state index is 0.321. The number of hydrogen-bond donors (Lipinski definition) is 3. The van der Waals surface area contributed by atoms with E-state index in [4.69, 9.17) is 5.73 Å². The summed E-state index contributed by atoms with van der Waals surface area (Å²) in [5, 5.41) is 13.4. The minimum Gasteiger partial charge on any atom is -0.399 e. The van der Waals surface area contributed by atoms with Crippen LogP contribution in [0.15, 0.2) is 42.5 Å². The minimum atomic E-state index is -1.84. The summed E-state index contributed by atoms with van der Waals surface area (Å²) in [6.45, 7) is 1.86. The second-order valence-corrected chi connectivity index (χ2v) is 5.59. The van der Waals surface area contributed by atoms with Crippen LogP contribution in [0.1, 0.15) is 27.9 Å². The van der Waals surface area contributed by atoms with Gasteiger partial charge in [-0.25, -0.2) is 0 Å². The van der Waals surface area contributed by atoms with E-state index in [0.29, 0.717) is 22.5 Å². The third-order valence-electron chi connectivity index (χ3n) is 3.87. The highest BCUT2D eigenvalue weighted by atomic mass is 16.3. The number of nitrogens with two attached hydrogens (primary N) is 1. The number of nitrogen functional groups attached to an aromatic ring is 1. The smallest absolute Gasteiger partial charge is 0.261 e. The summed E-state index contributed by atoms with van der Waals surface area (Å²) < 4.78 is 0. The average Bonchev–Trinajstić information content (AvgIpc) is 2.71. The molecule has 0 unspecified atom stereocenters. The normalized spacial score (nSPS) is 19.6. The van der Waals surface area contributed by atoms with Crippen molar-refractivity contribution >= 4 is 23.1 Å². The Kier molecular flexibility index (Phi) is 3.22. The fraction of sp³-hybridized carbons (Fsp3) is 0.176. The molecule has 1 aliphatic rings. The Bertz CT molecular complexity index is 785. The zero-order valence-electron chi connectivity index (χ0n) is 12.1. The molecule has 0 saturated carbocycles. The van der Waals surface area contributed by atoms with E-state index in [1.165, 1.54) is 6.07 Å². The first kappa shape index (κ1) is 14.3. The zero-order valence-corrected chi connectivity index (χ0v) is 12.1. The van der Waals surface area contributed by atoms with Crippen molar-refractivity contribution in [3.8, 4) is 0 Å². The molecular formula is C17H16N2O3. The molecule has 2 aromatic carbocycles. The second-order valence-electron chi connectivity index (χ2n) is 5.59. The Morgan fingerprint density at radius 1 is 1.27 bits per heavy atom. The van der Waals surface area contributed by atoms with Crippen molar-refractivity contribution in [2.24, 2.45) is 0 Å². The molecular weight excluding hydrogens is 280 g/mol. The first-order valence-corrected chi connectivity index (χ1v) is 6.94. The molecule has 0 spiro atoms. The van der Waals surface area contributed by atoms with Gasteiger partial charge in [-0.05, 0) is 25.1 Å². The van der Waals surface area contributed by atoms with Gasteiger partial charge in [0.1, 0.15) is 0 Å². The molecule has 0 radical (unpaired) electrons. The molecule has 0 aliphatic carbocycles. The molecule has 22 heavy (non-hydrogen) atoms. The van der Waals surface area contributed by atoms with Crippen LogP contribution in [0.3, 0.4) is 0 Å². The Balaban J connectivity index is 1.96. The lowest BCUT2D eigenvalue weighted by molar-refractivity contribution is -0.133. The van der Waals surface area contributed by atoms with Crippen molar-refractivity contribution in [3.05, 3.63) is 59.2 Å². The summed E-state index contributed by atoms with van der Waals surface area (Å²) in [7, 11) is 0. The maximum absolute atomic E-state index is 12.4. The van der Waals surface area contributed by atoms with Gasteiger partial charge in [-0.1, -0.05) is 29.8 Å². The molecule has 1 amide bonds. The Hall–Kier alpha value is -2.66. The van der Waals surface area contributed by atoms with Gasteiger partial charge < -0.3 is 16.2 Å². The largest absolute Gasteiger partial charge is 0.399 e. The van der Waals surface area contributed by atoms with Gasteiger partial charge in [0.25, 0.3) is 5.91 Å². The van der Waals surface area contributed by atoms with Crippen LogP contribution in [-0.2, 0) is 10.4 Å². The van der Waals surface area contributed by atoms with Gasteiger partial charge >= 0.3 is 0 Å². The lowest BCUT2D eigenvalue weighted by Crippen LogP contribution is -2.36. The number of ketones is 1. The number of aryl methyl sites for hydroxylation is 1. The molecule has 3 rings (SSSR count). The van der Waals surface area contributed by atoms with Gasteiger partial charge in [-0.2, -0.15) is 0 Å². The molecule has 1 heterocycles. The number of fused-ring (bicyclic) bond motifs is 1. The van der Waals surface area contributed by atoms with E-state index in [1.807, 2.05) is 13.0 Å². The molecule has 112 valence electrons. The Morgan fingerprint density at radius 3 is 2.77 bits per heavy atom. The quantitative estimate of drug-likeness (QED) is 0.596. The molecule has 2 aromatic rings. The number of amides is 1. The molecule has 4 N–H and O–H groups in total. The topological polar surface area (TPSA) is 92.4 Å². The third kappa shape index (κ3) is 2.25. The van der Waals surface area contributed by atoms with Crippen LogP contribution < -0.4 is 11.1 Å². The molecule has 1 aliphatic heterocycles. The van der Waals surface area contributed by atoms with Gasteiger partial charge in [0.15, 0.2) is 11.4 Å². The highest BCUT2D eigenvalue weighted by Gasteiger charge is 2.46. The summed E-state index contributed by atoms with van der Waals surface area (Å²) in [5.41, 5.74) is 6.55. The van der Waals surface area contributed by atoms with E-state index in [0.717, 1.165) is 5.56 Å². The van der Waals surface area contributed by atoms with Crippen molar-refractivity contribution < 1.29 is 14.7 Å². The fourth-order valence-electron chi connectivity index (χ4n) is 2.68. The standard InChI is InChI=1S/C17H16N2O3/c1-10-5-6-14-13(7-10)17(22,16(21)19-14)9-15(20)11-3-2-4-12(18)8-11/h2-8,22H,9,18H2,1H3,(H,19,21)/t17-/m1/s1. The van der Waals surface area contributed by atoms with Crippen molar-refractivity contribution in [1.82, 2.24) is 0 Å². The maximum atomic E-state index is 12.4. The van der Waals surface area contributed by atoms with E-state index in [1.54, 1.807) is 30.3 Å². The zero-order chi connectivity index (χ0) is 15.9. The Morgan fingerprint density at radius 2 is 2.05 bits per heavy atom. The number of anilines is 2. The number of carbonyl (C=O) groups is 2. The van der Waals surface area contributed by atoms with Crippen molar-refractivity contribution in [1.29, 1.82) is 0 Å². The average molecular weight is 296 g/mol. The molecule has 0 bridgehead atoms. The number of benzene rings is 2. The van der Waals surface area contributed by atoms with Crippen LogP contribution in [-0.4, -0.2) is 16.8 Å². The summed E-state index contributed by atoms with van der Waals surface area (Å²) in [5.74, 6) is -0.912. The van der Waals surface area contributed by atoms with Crippen molar-refractivity contribution in [3.63, 3.8) is 0 Å². The SMILES string of the molecule is Cc1ccc2c(c1)[C@](O)(CC(=O)c1cccc(N)c1)C(=O)N2. The maximum Gasteiger partial charge on any atom is 0.261 e. The molecule has 0 saturated heterocycles. The second kappa shape index (κ2) is 4.96. The van der Waals surface area contributed by atoms with E-state index in [2.05, 4.69) is 5.32 Å². The number of hydrogen-bond acceptors (Lipinski definition) is 4. The van der Waals surface area contributed by atoms with Crippen LogP contribution in [0.4, 0.5) is 11.4 Å². The van der Waals surface area contributed by atoms with Crippen molar-refractivity contribution in [2.75, 3.05) is 11.1 Å². The van der Waals surface area contributed by atoms with Crippen LogP contribution >= 0.6 is 0 Å². The number of nitrogens with one attached hydrogen (secondary N) is 1. The summed E-state index contributed by atoms with van der Waals surface area (Å²) in [6, 6.07) is 11.8. The van der Waals surface area contributed by atoms with Gasteiger partial charge in [0, 0.05) is 22.5 Å². The monoisotopic (exact) mass is 296 g/mol. The van der Waals surface area contributed by atoms with E-state index < -0.39 is 11.5 Å². The number of rotatable bonds is 3. The number of aliphatic hydroxyl groups is 1. The first-order chi connectivity index (χ1) is 10.4. The van der Waals surface area contributed by atoms with E-state index in [9.17, 15) is 14.7 Å². The molecule has 0 aromatic heterocycles. The lowest BCUT2D eigenvalue weighted by atomic mass is 9.87. The predicted molar refractivity (Wildman–Crippen MR) is 83.5 cm³/mol. The fourth-order valence-corrected chi connectivity index (χ4v) is 2.68. The number of Topliss-reactive ketones (excluding diaryl/α,β-unsaturated/α-hetero) is 1. The highest BCUT2D eigenvalue weighted by Crippen LogP contribution is 2.39. The van der Waals surface area contributed by atoms with Gasteiger partial charge in [0.05, 0.1) is 6.42 Å². The Labute approximate surface area is 127 Å². The highest BCUT2D eigenvalue weighted by molar-refractivity contribution is 6.09. The van der Waals surface area contributed by atoms with Crippen molar-refractivity contribution in [2.45, 2.75) is 18.9 Å².